The summed E-state index contributed by atoms with van der Waals surface area (Å²) in [4.78, 5) is 1.07. The van der Waals surface area contributed by atoms with E-state index in [1.54, 1.807) is 11.8 Å². The van der Waals surface area contributed by atoms with E-state index >= 15 is 0 Å². The number of hydrogen-bond donors (Lipinski definition) is 1. The first kappa shape index (κ1) is 14.3. The van der Waals surface area contributed by atoms with Gasteiger partial charge in [0.25, 0.3) is 0 Å². The van der Waals surface area contributed by atoms with E-state index < -0.39 is 0 Å². The molecular formula is C13H18N2S2. The maximum atomic E-state index is 9.22. The standard InChI is InChI=1S/C13H18N2S2/c1-3-17-13-7-4-6-12(11(13)10-14)15-8-5-9-16-2/h4,6-7,15H,3,5,8-9H2,1-2H3. The minimum Gasteiger partial charge on any atom is -0.384 e. The number of benzene rings is 1. The molecular weight excluding hydrogens is 248 g/mol. The largest absolute Gasteiger partial charge is 0.384 e. The van der Waals surface area contributed by atoms with Crippen LogP contribution in [-0.2, 0) is 0 Å². The lowest BCUT2D eigenvalue weighted by Gasteiger charge is -2.10. The Balaban J connectivity index is 2.70. The van der Waals surface area contributed by atoms with Crippen LogP contribution in [0, 0.1) is 11.3 Å². The van der Waals surface area contributed by atoms with Crippen molar-refractivity contribution in [2.24, 2.45) is 0 Å². The molecule has 0 aliphatic heterocycles. The fourth-order valence-corrected chi connectivity index (χ4v) is 2.73. The van der Waals surface area contributed by atoms with Crippen molar-refractivity contribution in [3.05, 3.63) is 23.8 Å². The van der Waals surface area contributed by atoms with Gasteiger partial charge in [-0.05, 0) is 36.3 Å². The third-order valence-electron chi connectivity index (χ3n) is 2.28. The maximum Gasteiger partial charge on any atom is 0.102 e. The molecule has 0 saturated carbocycles. The van der Waals surface area contributed by atoms with Crippen LogP contribution in [0.2, 0.25) is 0 Å². The molecule has 0 atom stereocenters. The van der Waals surface area contributed by atoms with Crippen molar-refractivity contribution in [3.63, 3.8) is 0 Å². The van der Waals surface area contributed by atoms with Gasteiger partial charge >= 0.3 is 0 Å². The van der Waals surface area contributed by atoms with Gasteiger partial charge in [-0.2, -0.15) is 17.0 Å². The lowest BCUT2D eigenvalue weighted by Crippen LogP contribution is -2.04. The monoisotopic (exact) mass is 266 g/mol. The lowest BCUT2D eigenvalue weighted by molar-refractivity contribution is 0.991. The van der Waals surface area contributed by atoms with Gasteiger partial charge in [0, 0.05) is 11.4 Å². The van der Waals surface area contributed by atoms with Gasteiger partial charge in [0.2, 0.25) is 0 Å². The fourth-order valence-electron chi connectivity index (χ4n) is 1.51. The van der Waals surface area contributed by atoms with Crippen molar-refractivity contribution >= 4 is 29.2 Å². The molecule has 1 rings (SSSR count). The number of rotatable bonds is 7. The Morgan fingerprint density at radius 2 is 2.24 bits per heavy atom. The molecule has 0 aliphatic rings. The topological polar surface area (TPSA) is 35.8 Å². The minimum atomic E-state index is 0.781. The molecule has 0 aliphatic carbocycles. The van der Waals surface area contributed by atoms with Gasteiger partial charge in [-0.15, -0.1) is 11.8 Å². The van der Waals surface area contributed by atoms with Gasteiger partial charge in [0.15, 0.2) is 0 Å². The second kappa shape index (κ2) is 8.32. The van der Waals surface area contributed by atoms with E-state index in [1.807, 2.05) is 30.0 Å². The molecule has 0 unspecified atom stereocenters. The first-order valence-corrected chi connectivity index (χ1v) is 8.10. The molecule has 4 heteroatoms. The van der Waals surface area contributed by atoms with Crippen LogP contribution < -0.4 is 5.32 Å². The van der Waals surface area contributed by atoms with Crippen LogP contribution in [0.3, 0.4) is 0 Å². The summed E-state index contributed by atoms with van der Waals surface area (Å²) in [6.45, 7) is 3.03. The summed E-state index contributed by atoms with van der Waals surface area (Å²) in [6, 6.07) is 8.31. The summed E-state index contributed by atoms with van der Waals surface area (Å²) in [5.41, 5.74) is 1.75. The molecule has 0 radical (unpaired) electrons. The van der Waals surface area contributed by atoms with Gasteiger partial charge < -0.3 is 5.32 Å². The first-order valence-electron chi connectivity index (χ1n) is 5.72. The Hall–Kier alpha value is -0.790. The normalized spacial score (nSPS) is 9.94. The smallest absolute Gasteiger partial charge is 0.102 e. The van der Waals surface area contributed by atoms with Gasteiger partial charge in [0.1, 0.15) is 6.07 Å². The molecule has 0 amide bonds. The highest BCUT2D eigenvalue weighted by Gasteiger charge is 2.07. The molecule has 0 aromatic heterocycles. The van der Waals surface area contributed by atoms with Crippen LogP contribution >= 0.6 is 23.5 Å². The molecule has 17 heavy (non-hydrogen) atoms. The van der Waals surface area contributed by atoms with E-state index in [-0.39, 0.29) is 0 Å². The van der Waals surface area contributed by atoms with Gasteiger partial charge in [-0.25, -0.2) is 0 Å². The van der Waals surface area contributed by atoms with E-state index in [9.17, 15) is 5.26 Å². The summed E-state index contributed by atoms with van der Waals surface area (Å²) in [6.07, 6.45) is 3.23. The minimum absolute atomic E-state index is 0.781. The third kappa shape index (κ3) is 4.53. The average Bonchev–Trinajstić information content (AvgIpc) is 2.35. The van der Waals surface area contributed by atoms with E-state index in [1.165, 1.54) is 0 Å². The second-order valence-electron chi connectivity index (χ2n) is 3.50. The first-order chi connectivity index (χ1) is 8.33. The van der Waals surface area contributed by atoms with E-state index in [4.69, 9.17) is 0 Å². The summed E-state index contributed by atoms with van der Waals surface area (Å²) in [5, 5.41) is 12.6. The number of nitrogens with one attached hydrogen (secondary N) is 1. The predicted molar refractivity (Wildman–Crippen MR) is 79.0 cm³/mol. The Bertz CT molecular complexity index is 385. The molecule has 0 spiro atoms. The number of nitrogens with zero attached hydrogens (tertiary/aromatic N) is 1. The van der Waals surface area contributed by atoms with Gasteiger partial charge in [-0.1, -0.05) is 13.0 Å². The van der Waals surface area contributed by atoms with Gasteiger partial charge in [0.05, 0.1) is 11.3 Å². The maximum absolute atomic E-state index is 9.22. The summed E-state index contributed by atoms with van der Waals surface area (Å²) < 4.78 is 0. The molecule has 1 aromatic carbocycles. The fraction of sp³-hybridized carbons (Fsp3) is 0.462. The third-order valence-corrected chi connectivity index (χ3v) is 3.92. The predicted octanol–water partition coefficient (Wildman–Crippen LogP) is 3.84. The summed E-state index contributed by atoms with van der Waals surface area (Å²) in [5.74, 6) is 2.14. The van der Waals surface area contributed by atoms with E-state index in [2.05, 4.69) is 24.6 Å². The zero-order valence-corrected chi connectivity index (χ0v) is 12.0. The highest BCUT2D eigenvalue weighted by Crippen LogP contribution is 2.27. The van der Waals surface area contributed by atoms with Crippen LogP contribution in [0.1, 0.15) is 18.9 Å². The zero-order valence-electron chi connectivity index (χ0n) is 10.3. The summed E-state index contributed by atoms with van der Waals surface area (Å²) >= 11 is 3.57. The number of hydrogen-bond acceptors (Lipinski definition) is 4. The SMILES string of the molecule is CCSc1cccc(NCCCSC)c1C#N. The van der Waals surface area contributed by atoms with Crippen molar-refractivity contribution in [1.82, 2.24) is 0 Å². The molecule has 0 fully saturated rings. The van der Waals surface area contributed by atoms with Gasteiger partial charge in [-0.3, -0.25) is 0 Å². The Morgan fingerprint density at radius 1 is 1.41 bits per heavy atom. The molecule has 92 valence electrons. The molecule has 0 saturated heterocycles. The van der Waals surface area contributed by atoms with E-state index in [0.29, 0.717) is 0 Å². The molecule has 1 aromatic rings. The summed E-state index contributed by atoms with van der Waals surface area (Å²) in [7, 11) is 0. The number of anilines is 1. The highest BCUT2D eigenvalue weighted by molar-refractivity contribution is 7.99. The van der Waals surface area contributed by atoms with E-state index in [0.717, 1.165) is 40.6 Å². The molecule has 1 N–H and O–H groups in total. The van der Waals surface area contributed by atoms with Crippen molar-refractivity contribution in [1.29, 1.82) is 5.26 Å². The lowest BCUT2D eigenvalue weighted by atomic mass is 10.2. The second-order valence-corrected chi connectivity index (χ2v) is 5.79. The highest BCUT2D eigenvalue weighted by atomic mass is 32.2. The number of nitriles is 1. The Kier molecular flexibility index (Phi) is 6.99. The molecule has 0 bridgehead atoms. The molecule has 2 nitrogen and oxygen atoms in total. The van der Waals surface area contributed by atoms with Crippen molar-refractivity contribution in [2.75, 3.05) is 29.6 Å². The molecule has 0 heterocycles. The van der Waals surface area contributed by atoms with Crippen LogP contribution in [0.5, 0.6) is 0 Å². The Morgan fingerprint density at radius 3 is 2.88 bits per heavy atom. The zero-order chi connectivity index (χ0) is 12.5. The van der Waals surface area contributed by atoms with Crippen molar-refractivity contribution in [2.45, 2.75) is 18.2 Å². The van der Waals surface area contributed by atoms with Crippen LogP contribution in [-0.4, -0.2) is 24.3 Å². The number of thioether (sulfide) groups is 2. The van der Waals surface area contributed by atoms with Crippen molar-refractivity contribution < 1.29 is 0 Å². The van der Waals surface area contributed by atoms with Crippen LogP contribution in [0.15, 0.2) is 23.1 Å². The average molecular weight is 266 g/mol. The Labute approximate surface area is 112 Å². The quantitative estimate of drug-likeness (QED) is 0.601. The van der Waals surface area contributed by atoms with Crippen molar-refractivity contribution in [3.8, 4) is 6.07 Å². The van der Waals surface area contributed by atoms with Crippen LogP contribution in [0.25, 0.3) is 0 Å². The van der Waals surface area contributed by atoms with Crippen LogP contribution in [0.4, 0.5) is 5.69 Å².